The van der Waals surface area contributed by atoms with Crippen molar-refractivity contribution < 1.29 is 4.79 Å². The van der Waals surface area contributed by atoms with Crippen LogP contribution in [0.1, 0.15) is 27.3 Å². The molecule has 0 saturated heterocycles. The van der Waals surface area contributed by atoms with E-state index >= 15 is 0 Å². The van der Waals surface area contributed by atoms with E-state index in [0.717, 1.165) is 30.2 Å². The second-order valence-electron chi connectivity index (χ2n) is 5.98. The van der Waals surface area contributed by atoms with Gasteiger partial charge in [-0.1, -0.05) is 42.5 Å². The fraction of sp³-hybridized carbons (Fsp3) is 0.190. The molecule has 0 atom stereocenters. The van der Waals surface area contributed by atoms with E-state index in [2.05, 4.69) is 32.7 Å². The van der Waals surface area contributed by atoms with Crippen LogP contribution in [0.3, 0.4) is 0 Å². The Morgan fingerprint density at radius 2 is 1.81 bits per heavy atom. The van der Waals surface area contributed by atoms with Crippen molar-refractivity contribution in [3.8, 4) is 0 Å². The van der Waals surface area contributed by atoms with Gasteiger partial charge in [-0.15, -0.1) is 0 Å². The molecule has 0 aliphatic carbocycles. The zero-order chi connectivity index (χ0) is 18.2. The van der Waals surface area contributed by atoms with Gasteiger partial charge < -0.3 is 10.6 Å². The average molecular weight is 346 g/mol. The maximum atomic E-state index is 11.7. The van der Waals surface area contributed by atoms with E-state index in [-0.39, 0.29) is 5.91 Å². The van der Waals surface area contributed by atoms with E-state index in [1.807, 2.05) is 48.5 Å². The van der Waals surface area contributed by atoms with Crippen LogP contribution < -0.4 is 10.6 Å². The normalized spacial score (nSPS) is 10.3. The van der Waals surface area contributed by atoms with Gasteiger partial charge in [0.05, 0.1) is 0 Å². The molecular formula is C21H22N4O. The van der Waals surface area contributed by atoms with Gasteiger partial charge in [0.25, 0.3) is 5.91 Å². The van der Waals surface area contributed by atoms with Crippen LogP contribution in [0, 0.1) is 0 Å². The molecule has 0 radical (unpaired) electrons. The zero-order valence-corrected chi connectivity index (χ0v) is 14.8. The second kappa shape index (κ2) is 8.76. The maximum Gasteiger partial charge on any atom is 0.251 e. The van der Waals surface area contributed by atoms with Crippen LogP contribution in [0.15, 0.2) is 66.9 Å². The highest BCUT2D eigenvalue weighted by atomic mass is 16.1. The van der Waals surface area contributed by atoms with Gasteiger partial charge in [-0.2, -0.15) is 0 Å². The van der Waals surface area contributed by atoms with Gasteiger partial charge >= 0.3 is 0 Å². The van der Waals surface area contributed by atoms with Crippen molar-refractivity contribution >= 4 is 11.7 Å². The predicted octanol–water partition coefficient (Wildman–Crippen LogP) is 3.08. The van der Waals surface area contributed by atoms with Crippen molar-refractivity contribution in [2.45, 2.75) is 12.8 Å². The first-order valence-corrected chi connectivity index (χ1v) is 8.65. The number of nitrogens with one attached hydrogen (secondary N) is 2. The largest absolute Gasteiger partial charge is 0.370 e. The van der Waals surface area contributed by atoms with Gasteiger partial charge in [0.1, 0.15) is 11.6 Å². The molecule has 0 aliphatic rings. The van der Waals surface area contributed by atoms with Gasteiger partial charge in [0, 0.05) is 31.8 Å². The number of hydrogen-bond donors (Lipinski definition) is 2. The summed E-state index contributed by atoms with van der Waals surface area (Å²) < 4.78 is 0. The molecule has 0 aliphatic heterocycles. The predicted molar refractivity (Wildman–Crippen MR) is 103 cm³/mol. The summed E-state index contributed by atoms with van der Waals surface area (Å²) >= 11 is 0. The monoisotopic (exact) mass is 346 g/mol. The van der Waals surface area contributed by atoms with Crippen molar-refractivity contribution in [3.05, 3.63) is 89.4 Å². The smallest absolute Gasteiger partial charge is 0.251 e. The minimum Gasteiger partial charge on any atom is -0.370 e. The Labute approximate surface area is 153 Å². The Morgan fingerprint density at radius 3 is 2.62 bits per heavy atom. The summed E-state index contributed by atoms with van der Waals surface area (Å²) in [5.41, 5.74) is 2.98. The topological polar surface area (TPSA) is 66.9 Å². The summed E-state index contributed by atoms with van der Waals surface area (Å²) in [6.07, 6.45) is 3.30. The summed E-state index contributed by atoms with van der Waals surface area (Å²) in [6, 6.07) is 19.7. The third-order valence-electron chi connectivity index (χ3n) is 4.05. The Morgan fingerprint density at radius 1 is 1.00 bits per heavy atom. The first kappa shape index (κ1) is 17.6. The molecule has 2 aromatic carbocycles. The lowest BCUT2D eigenvalue weighted by atomic mass is 10.1. The molecule has 0 fully saturated rings. The molecule has 0 spiro atoms. The quantitative estimate of drug-likeness (QED) is 0.690. The highest BCUT2D eigenvalue weighted by Gasteiger charge is 2.04. The first-order valence-electron chi connectivity index (χ1n) is 8.65. The van der Waals surface area contributed by atoms with Crippen LogP contribution in [-0.2, 0) is 12.8 Å². The standard InChI is InChI=1S/C21H22N4O/c1-22-21(26)18-9-5-8-17(14-18)10-12-23-19-11-13-24-20(25-19)15-16-6-3-2-4-7-16/h2-9,11,13-14H,10,12,15H2,1H3,(H,22,26)(H,23,24,25). The van der Waals surface area contributed by atoms with Crippen LogP contribution in [0.2, 0.25) is 0 Å². The Bertz CT molecular complexity index is 865. The van der Waals surface area contributed by atoms with Crippen molar-refractivity contribution in [2.24, 2.45) is 0 Å². The SMILES string of the molecule is CNC(=O)c1cccc(CCNc2ccnc(Cc3ccccc3)n2)c1. The molecule has 3 rings (SSSR count). The van der Waals surface area contributed by atoms with Crippen LogP contribution in [0.5, 0.6) is 0 Å². The van der Waals surface area contributed by atoms with E-state index in [9.17, 15) is 4.79 Å². The van der Waals surface area contributed by atoms with Crippen molar-refractivity contribution in [2.75, 3.05) is 18.9 Å². The molecular weight excluding hydrogens is 324 g/mol. The average Bonchev–Trinajstić information content (AvgIpc) is 2.69. The van der Waals surface area contributed by atoms with Gasteiger partial charge in [-0.25, -0.2) is 9.97 Å². The van der Waals surface area contributed by atoms with Crippen LogP contribution in [0.25, 0.3) is 0 Å². The first-order chi connectivity index (χ1) is 12.7. The molecule has 1 aromatic heterocycles. The number of aromatic nitrogens is 2. The zero-order valence-electron chi connectivity index (χ0n) is 14.8. The summed E-state index contributed by atoms with van der Waals surface area (Å²) in [7, 11) is 1.64. The van der Waals surface area contributed by atoms with Crippen molar-refractivity contribution in [1.29, 1.82) is 0 Å². The Balaban J connectivity index is 1.57. The molecule has 0 unspecified atom stereocenters. The summed E-state index contributed by atoms with van der Waals surface area (Å²) in [5.74, 6) is 1.54. The Kier molecular flexibility index (Phi) is 5.93. The molecule has 5 nitrogen and oxygen atoms in total. The highest BCUT2D eigenvalue weighted by molar-refractivity contribution is 5.94. The number of rotatable bonds is 7. The van der Waals surface area contributed by atoms with E-state index < -0.39 is 0 Å². The fourth-order valence-corrected chi connectivity index (χ4v) is 2.71. The number of benzene rings is 2. The number of nitrogens with zero attached hydrogens (tertiary/aromatic N) is 2. The fourth-order valence-electron chi connectivity index (χ4n) is 2.71. The van der Waals surface area contributed by atoms with E-state index in [4.69, 9.17) is 0 Å². The van der Waals surface area contributed by atoms with Crippen LogP contribution >= 0.6 is 0 Å². The number of carbonyl (C=O) groups excluding carboxylic acids is 1. The summed E-state index contributed by atoms with van der Waals surface area (Å²) in [6.45, 7) is 0.735. The van der Waals surface area contributed by atoms with E-state index in [1.165, 1.54) is 5.56 Å². The van der Waals surface area contributed by atoms with Gasteiger partial charge in [0.2, 0.25) is 0 Å². The molecule has 0 bridgehead atoms. The minimum atomic E-state index is -0.0684. The summed E-state index contributed by atoms with van der Waals surface area (Å²) in [5, 5.41) is 5.98. The van der Waals surface area contributed by atoms with Crippen molar-refractivity contribution in [1.82, 2.24) is 15.3 Å². The molecule has 3 aromatic rings. The lowest BCUT2D eigenvalue weighted by molar-refractivity contribution is 0.0963. The van der Waals surface area contributed by atoms with E-state index in [1.54, 1.807) is 13.2 Å². The van der Waals surface area contributed by atoms with E-state index in [0.29, 0.717) is 12.0 Å². The van der Waals surface area contributed by atoms with Crippen LogP contribution in [0.4, 0.5) is 5.82 Å². The molecule has 1 amide bonds. The van der Waals surface area contributed by atoms with Gasteiger partial charge in [-0.05, 0) is 35.7 Å². The number of anilines is 1. The second-order valence-corrected chi connectivity index (χ2v) is 5.98. The third-order valence-corrected chi connectivity index (χ3v) is 4.05. The minimum absolute atomic E-state index is 0.0684. The molecule has 26 heavy (non-hydrogen) atoms. The van der Waals surface area contributed by atoms with Gasteiger partial charge in [0.15, 0.2) is 0 Å². The lowest BCUT2D eigenvalue weighted by Crippen LogP contribution is -2.18. The molecule has 2 N–H and O–H groups in total. The summed E-state index contributed by atoms with van der Waals surface area (Å²) in [4.78, 5) is 20.6. The molecule has 5 heteroatoms. The molecule has 0 saturated carbocycles. The lowest BCUT2D eigenvalue weighted by Gasteiger charge is -2.08. The third kappa shape index (κ3) is 4.89. The molecule has 1 heterocycles. The van der Waals surface area contributed by atoms with Crippen LogP contribution in [-0.4, -0.2) is 29.5 Å². The van der Waals surface area contributed by atoms with Gasteiger partial charge in [-0.3, -0.25) is 4.79 Å². The number of carbonyl (C=O) groups is 1. The Hall–Kier alpha value is -3.21. The number of hydrogen-bond acceptors (Lipinski definition) is 4. The maximum absolute atomic E-state index is 11.7. The van der Waals surface area contributed by atoms with Crippen molar-refractivity contribution in [3.63, 3.8) is 0 Å². The highest BCUT2D eigenvalue weighted by Crippen LogP contribution is 2.09. The molecule has 132 valence electrons. The number of amides is 1.